The average molecular weight is 318 g/mol. The van der Waals surface area contributed by atoms with Crippen molar-refractivity contribution in [3.8, 4) is 6.07 Å². The molecule has 5 nitrogen and oxygen atoms in total. The number of nitriles is 1. The number of amides is 1. The summed E-state index contributed by atoms with van der Waals surface area (Å²) >= 11 is 0. The molecule has 2 rings (SSSR count). The van der Waals surface area contributed by atoms with Crippen LogP contribution in [0.5, 0.6) is 0 Å². The molecule has 1 aromatic carbocycles. The van der Waals surface area contributed by atoms with Crippen molar-refractivity contribution in [2.24, 2.45) is 17.8 Å². The molecule has 2 atom stereocenters. The summed E-state index contributed by atoms with van der Waals surface area (Å²) in [5.74, 6) is -2.63. The Labute approximate surface area is 134 Å². The van der Waals surface area contributed by atoms with Gasteiger partial charge in [-0.1, -0.05) is 13.8 Å². The van der Waals surface area contributed by atoms with E-state index in [1.54, 1.807) is 0 Å². The Kier molecular flexibility index (Phi) is 4.99. The van der Waals surface area contributed by atoms with Crippen molar-refractivity contribution in [2.75, 3.05) is 13.1 Å². The Bertz CT molecular complexity index is 666. The van der Waals surface area contributed by atoms with Crippen molar-refractivity contribution in [3.63, 3.8) is 0 Å². The van der Waals surface area contributed by atoms with E-state index in [0.717, 1.165) is 6.07 Å². The maximum absolute atomic E-state index is 14.0. The molecular formula is C17H19FN2O3. The van der Waals surface area contributed by atoms with Crippen LogP contribution in [-0.4, -0.2) is 35.0 Å². The highest BCUT2D eigenvalue weighted by molar-refractivity contribution is 5.95. The number of carboxylic acids is 1. The summed E-state index contributed by atoms with van der Waals surface area (Å²) in [5, 5.41) is 18.1. The topological polar surface area (TPSA) is 81.4 Å². The second-order valence-corrected chi connectivity index (χ2v) is 6.35. The molecule has 0 aliphatic carbocycles. The molecule has 1 aliphatic heterocycles. The van der Waals surface area contributed by atoms with Crippen molar-refractivity contribution in [1.82, 2.24) is 4.90 Å². The van der Waals surface area contributed by atoms with Gasteiger partial charge in [-0.2, -0.15) is 5.26 Å². The highest BCUT2D eigenvalue weighted by atomic mass is 19.1. The van der Waals surface area contributed by atoms with E-state index in [2.05, 4.69) is 0 Å². The molecule has 1 amide bonds. The van der Waals surface area contributed by atoms with E-state index in [1.165, 1.54) is 17.0 Å². The van der Waals surface area contributed by atoms with Crippen LogP contribution in [0.3, 0.4) is 0 Å². The maximum atomic E-state index is 14.0. The molecule has 0 aromatic heterocycles. The number of nitrogens with zero attached hydrogens (tertiary/aromatic N) is 2. The minimum atomic E-state index is -0.925. The van der Waals surface area contributed by atoms with Gasteiger partial charge in [0.25, 0.3) is 5.91 Å². The number of aliphatic carboxylic acids is 1. The van der Waals surface area contributed by atoms with E-state index in [-0.39, 0.29) is 23.6 Å². The van der Waals surface area contributed by atoms with Gasteiger partial charge in [0.1, 0.15) is 5.82 Å². The van der Waals surface area contributed by atoms with Crippen LogP contribution in [0.25, 0.3) is 0 Å². The fraction of sp³-hybridized carbons (Fsp3) is 0.471. The van der Waals surface area contributed by atoms with Gasteiger partial charge in [0.2, 0.25) is 0 Å². The Balaban J connectivity index is 2.20. The number of carbonyl (C=O) groups excluding carboxylic acids is 1. The lowest BCUT2D eigenvalue weighted by molar-refractivity contribution is -0.142. The third kappa shape index (κ3) is 3.67. The van der Waals surface area contributed by atoms with Crippen LogP contribution in [0.2, 0.25) is 0 Å². The van der Waals surface area contributed by atoms with Gasteiger partial charge in [0, 0.05) is 13.1 Å². The standard InChI is InChI=1S/C17H19FN2O3/c1-10(2)5-12-8-20(9-14(12)17(22)23)16(21)13-4-3-11(7-19)6-15(13)18/h3-4,6,10,12,14H,5,8-9H2,1-2H3,(H,22,23)/t12-,14-/m1/s1. The molecule has 6 heteroatoms. The first kappa shape index (κ1) is 16.9. The molecule has 122 valence electrons. The van der Waals surface area contributed by atoms with Crippen molar-refractivity contribution in [3.05, 3.63) is 35.1 Å². The molecular weight excluding hydrogens is 299 g/mol. The predicted octanol–water partition coefficient (Wildman–Crippen LogP) is 2.52. The first-order valence-electron chi connectivity index (χ1n) is 7.55. The minimum Gasteiger partial charge on any atom is -0.481 e. The second kappa shape index (κ2) is 6.78. The van der Waals surface area contributed by atoms with Crippen LogP contribution in [-0.2, 0) is 4.79 Å². The highest BCUT2D eigenvalue weighted by Crippen LogP contribution is 2.30. The van der Waals surface area contributed by atoms with Gasteiger partial charge >= 0.3 is 5.97 Å². The number of halogens is 1. The van der Waals surface area contributed by atoms with Crippen LogP contribution in [0.15, 0.2) is 18.2 Å². The fourth-order valence-corrected chi connectivity index (χ4v) is 3.09. The number of likely N-dealkylation sites (tertiary alicyclic amines) is 1. The smallest absolute Gasteiger partial charge is 0.308 e. The van der Waals surface area contributed by atoms with Crippen LogP contribution in [0, 0.1) is 34.9 Å². The van der Waals surface area contributed by atoms with E-state index in [4.69, 9.17) is 5.26 Å². The van der Waals surface area contributed by atoms with Gasteiger partial charge in [-0.05, 0) is 36.5 Å². The molecule has 1 saturated heterocycles. The summed E-state index contributed by atoms with van der Waals surface area (Å²) < 4.78 is 14.0. The van der Waals surface area contributed by atoms with Gasteiger partial charge in [0.15, 0.2) is 0 Å². The Morgan fingerprint density at radius 3 is 2.65 bits per heavy atom. The number of rotatable bonds is 4. The molecule has 1 fully saturated rings. The van der Waals surface area contributed by atoms with Gasteiger partial charge in [0.05, 0.1) is 23.1 Å². The Morgan fingerprint density at radius 1 is 1.43 bits per heavy atom. The van der Waals surface area contributed by atoms with E-state index >= 15 is 0 Å². The van der Waals surface area contributed by atoms with Crippen LogP contribution in [0.4, 0.5) is 4.39 Å². The van der Waals surface area contributed by atoms with Crippen molar-refractivity contribution in [1.29, 1.82) is 5.26 Å². The number of benzene rings is 1. The van der Waals surface area contributed by atoms with Gasteiger partial charge in [-0.3, -0.25) is 9.59 Å². The van der Waals surface area contributed by atoms with Crippen LogP contribution >= 0.6 is 0 Å². The first-order chi connectivity index (χ1) is 10.8. The SMILES string of the molecule is CC(C)C[C@@H]1CN(C(=O)c2ccc(C#N)cc2F)C[C@H]1C(=O)O. The van der Waals surface area contributed by atoms with Gasteiger partial charge in [-0.15, -0.1) is 0 Å². The van der Waals surface area contributed by atoms with Crippen molar-refractivity contribution >= 4 is 11.9 Å². The molecule has 1 aromatic rings. The molecule has 1 heterocycles. The summed E-state index contributed by atoms with van der Waals surface area (Å²) in [5.41, 5.74) is 0.0138. The summed E-state index contributed by atoms with van der Waals surface area (Å²) in [6.07, 6.45) is 0.705. The normalized spacial score (nSPS) is 20.6. The largest absolute Gasteiger partial charge is 0.481 e. The second-order valence-electron chi connectivity index (χ2n) is 6.35. The summed E-state index contributed by atoms with van der Waals surface area (Å²) in [6, 6.07) is 5.49. The Morgan fingerprint density at radius 2 is 2.13 bits per heavy atom. The number of carboxylic acid groups (broad SMARTS) is 1. The molecule has 1 aliphatic rings. The quantitative estimate of drug-likeness (QED) is 0.925. The van der Waals surface area contributed by atoms with Crippen molar-refractivity contribution in [2.45, 2.75) is 20.3 Å². The zero-order chi connectivity index (χ0) is 17.1. The molecule has 0 radical (unpaired) electrons. The zero-order valence-corrected chi connectivity index (χ0v) is 13.1. The third-order valence-electron chi connectivity index (χ3n) is 4.15. The molecule has 0 spiro atoms. The molecule has 0 bridgehead atoms. The first-order valence-corrected chi connectivity index (χ1v) is 7.55. The lowest BCUT2D eigenvalue weighted by atomic mass is 9.88. The van der Waals surface area contributed by atoms with Crippen LogP contribution in [0.1, 0.15) is 36.2 Å². The predicted molar refractivity (Wildman–Crippen MR) is 81.1 cm³/mol. The number of hydrogen-bond donors (Lipinski definition) is 1. The zero-order valence-electron chi connectivity index (χ0n) is 13.1. The van der Waals surface area contributed by atoms with E-state index in [1.807, 2.05) is 19.9 Å². The molecule has 23 heavy (non-hydrogen) atoms. The summed E-state index contributed by atoms with van der Waals surface area (Å²) in [7, 11) is 0. The average Bonchev–Trinajstić information content (AvgIpc) is 2.89. The van der Waals surface area contributed by atoms with E-state index in [9.17, 15) is 19.1 Å². The Hall–Kier alpha value is -2.42. The number of hydrogen-bond acceptors (Lipinski definition) is 3. The highest BCUT2D eigenvalue weighted by Gasteiger charge is 2.40. The van der Waals surface area contributed by atoms with E-state index in [0.29, 0.717) is 18.9 Å². The van der Waals surface area contributed by atoms with Crippen molar-refractivity contribution < 1.29 is 19.1 Å². The fourth-order valence-electron chi connectivity index (χ4n) is 3.09. The lowest BCUT2D eigenvalue weighted by Crippen LogP contribution is -2.30. The van der Waals surface area contributed by atoms with Gasteiger partial charge in [-0.25, -0.2) is 4.39 Å². The summed E-state index contributed by atoms with van der Waals surface area (Å²) in [6.45, 7) is 4.41. The van der Waals surface area contributed by atoms with Gasteiger partial charge < -0.3 is 10.0 Å². The summed E-state index contributed by atoms with van der Waals surface area (Å²) in [4.78, 5) is 25.3. The maximum Gasteiger partial charge on any atom is 0.308 e. The minimum absolute atomic E-state index is 0.0883. The molecule has 1 N–H and O–H groups in total. The monoisotopic (exact) mass is 318 g/mol. The lowest BCUT2D eigenvalue weighted by Gasteiger charge is -2.17. The number of carbonyl (C=O) groups is 2. The molecule has 0 unspecified atom stereocenters. The molecule has 0 saturated carbocycles. The van der Waals surface area contributed by atoms with E-state index < -0.39 is 23.6 Å². The van der Waals surface area contributed by atoms with Crippen LogP contribution < -0.4 is 0 Å². The third-order valence-corrected chi connectivity index (χ3v) is 4.15.